The number of benzene rings is 1. The molecule has 0 saturated heterocycles. The van der Waals surface area contributed by atoms with Crippen LogP contribution in [0.5, 0.6) is 5.75 Å². The first-order valence-corrected chi connectivity index (χ1v) is 4.44. The zero-order valence-corrected chi connectivity index (χ0v) is 8.87. The van der Waals surface area contributed by atoms with E-state index in [1.807, 2.05) is 0 Å². The van der Waals surface area contributed by atoms with Crippen LogP contribution in [0.3, 0.4) is 0 Å². The number of hydrogen-bond donors (Lipinski definition) is 1. The first-order valence-electron chi connectivity index (χ1n) is 4.06. The minimum atomic E-state index is -0.394. The molecule has 2 rings (SSSR count). The van der Waals surface area contributed by atoms with Crippen molar-refractivity contribution in [3.05, 3.63) is 28.5 Å². The molecule has 2 N–H and O–H groups in total. The highest BCUT2D eigenvalue weighted by atomic mass is 35.5. The Kier molecular flexibility index (Phi) is 3.59. The Morgan fingerprint density at radius 2 is 2.21 bits per heavy atom. The van der Waals surface area contributed by atoms with Crippen molar-refractivity contribution < 1.29 is 9.13 Å². The van der Waals surface area contributed by atoms with Gasteiger partial charge < -0.3 is 10.5 Å². The molecule has 0 bridgehead atoms. The monoisotopic (exact) mass is 237 g/mol. The lowest BCUT2D eigenvalue weighted by molar-refractivity contribution is 0.255. The van der Waals surface area contributed by atoms with Crippen LogP contribution in [-0.2, 0) is 0 Å². The standard InChI is InChI=1S/C9H9ClFNO.ClH/c10-5-1-2-6(11)9-8(5)7(12)3-4-13-9;/h1-2,7H,3-4,12H2;1H/t7-;/m1./s1. The second-order valence-corrected chi connectivity index (χ2v) is 3.42. The van der Waals surface area contributed by atoms with Crippen LogP contribution < -0.4 is 10.5 Å². The highest BCUT2D eigenvalue weighted by Crippen LogP contribution is 2.37. The van der Waals surface area contributed by atoms with Gasteiger partial charge in [-0.15, -0.1) is 12.4 Å². The summed E-state index contributed by atoms with van der Waals surface area (Å²) in [6, 6.07) is 2.58. The van der Waals surface area contributed by atoms with Gasteiger partial charge in [0, 0.05) is 23.0 Å². The molecule has 1 aliphatic rings. The van der Waals surface area contributed by atoms with E-state index in [1.165, 1.54) is 12.1 Å². The second-order valence-electron chi connectivity index (χ2n) is 3.02. The fraction of sp³-hybridized carbons (Fsp3) is 0.333. The summed E-state index contributed by atoms with van der Waals surface area (Å²) >= 11 is 5.88. The van der Waals surface area contributed by atoms with E-state index in [1.54, 1.807) is 0 Å². The molecule has 1 atom stereocenters. The van der Waals surface area contributed by atoms with Gasteiger partial charge in [0.05, 0.1) is 6.61 Å². The number of ether oxygens (including phenoxy) is 1. The van der Waals surface area contributed by atoms with Gasteiger partial charge in [-0.1, -0.05) is 11.6 Å². The maximum Gasteiger partial charge on any atom is 0.165 e. The molecule has 2 nitrogen and oxygen atoms in total. The van der Waals surface area contributed by atoms with Gasteiger partial charge in [0.2, 0.25) is 0 Å². The second kappa shape index (κ2) is 4.34. The van der Waals surface area contributed by atoms with Gasteiger partial charge >= 0.3 is 0 Å². The number of rotatable bonds is 0. The predicted molar refractivity (Wildman–Crippen MR) is 55.7 cm³/mol. The third-order valence-corrected chi connectivity index (χ3v) is 2.47. The fourth-order valence-corrected chi connectivity index (χ4v) is 1.76. The molecule has 14 heavy (non-hydrogen) atoms. The summed E-state index contributed by atoms with van der Waals surface area (Å²) in [5, 5.41) is 0.476. The van der Waals surface area contributed by atoms with Crippen LogP contribution in [0.2, 0.25) is 5.02 Å². The lowest BCUT2D eigenvalue weighted by Crippen LogP contribution is -2.21. The first-order chi connectivity index (χ1) is 6.20. The molecule has 0 amide bonds. The van der Waals surface area contributed by atoms with Crippen LogP contribution in [0, 0.1) is 5.82 Å². The van der Waals surface area contributed by atoms with Crippen LogP contribution in [0.1, 0.15) is 18.0 Å². The molecule has 0 aromatic heterocycles. The van der Waals surface area contributed by atoms with E-state index in [0.717, 1.165) is 0 Å². The molecular formula is C9H10Cl2FNO. The van der Waals surface area contributed by atoms with Crippen molar-refractivity contribution >= 4 is 24.0 Å². The predicted octanol–water partition coefficient (Wildman–Crippen LogP) is 2.68. The topological polar surface area (TPSA) is 35.2 Å². The zero-order valence-electron chi connectivity index (χ0n) is 7.30. The Bertz CT molecular complexity index is 346. The van der Waals surface area contributed by atoms with Crippen LogP contribution in [-0.4, -0.2) is 6.61 Å². The quantitative estimate of drug-likeness (QED) is 0.754. The van der Waals surface area contributed by atoms with Crippen molar-refractivity contribution in [2.24, 2.45) is 5.73 Å². The number of hydrogen-bond acceptors (Lipinski definition) is 2. The maximum absolute atomic E-state index is 13.2. The van der Waals surface area contributed by atoms with E-state index >= 15 is 0 Å². The van der Waals surface area contributed by atoms with Crippen LogP contribution in [0.4, 0.5) is 4.39 Å². The third kappa shape index (κ3) is 1.80. The molecule has 0 unspecified atom stereocenters. The molecular weight excluding hydrogens is 228 g/mol. The summed E-state index contributed by atoms with van der Waals surface area (Å²) in [5.74, 6) is -0.180. The number of halogens is 3. The third-order valence-electron chi connectivity index (χ3n) is 2.14. The molecule has 1 aromatic carbocycles. The Labute approximate surface area is 92.6 Å². The minimum Gasteiger partial charge on any atom is -0.490 e. The van der Waals surface area contributed by atoms with E-state index < -0.39 is 5.82 Å². The lowest BCUT2D eigenvalue weighted by atomic mass is 10.0. The van der Waals surface area contributed by atoms with Crippen molar-refractivity contribution in [2.45, 2.75) is 12.5 Å². The molecule has 0 radical (unpaired) electrons. The Hall–Kier alpha value is -0.510. The van der Waals surface area contributed by atoms with E-state index in [4.69, 9.17) is 22.1 Å². The van der Waals surface area contributed by atoms with E-state index in [2.05, 4.69) is 0 Å². The van der Waals surface area contributed by atoms with Crippen molar-refractivity contribution in [1.82, 2.24) is 0 Å². The maximum atomic E-state index is 13.2. The highest BCUT2D eigenvalue weighted by Gasteiger charge is 2.23. The van der Waals surface area contributed by atoms with Gasteiger partial charge in [0.15, 0.2) is 11.6 Å². The summed E-state index contributed by atoms with van der Waals surface area (Å²) in [6.45, 7) is 0.450. The van der Waals surface area contributed by atoms with Crippen molar-refractivity contribution in [3.63, 3.8) is 0 Å². The van der Waals surface area contributed by atoms with E-state index in [9.17, 15) is 4.39 Å². The molecule has 0 aliphatic carbocycles. The molecule has 78 valence electrons. The van der Waals surface area contributed by atoms with E-state index in [-0.39, 0.29) is 24.2 Å². The summed E-state index contributed by atoms with van der Waals surface area (Å²) in [7, 11) is 0. The lowest BCUT2D eigenvalue weighted by Gasteiger charge is -2.24. The van der Waals surface area contributed by atoms with Gasteiger partial charge in [-0.05, 0) is 12.1 Å². The Morgan fingerprint density at radius 3 is 2.86 bits per heavy atom. The molecule has 0 fully saturated rings. The van der Waals surface area contributed by atoms with Crippen LogP contribution in [0.25, 0.3) is 0 Å². The molecule has 0 spiro atoms. The summed E-state index contributed by atoms with van der Waals surface area (Å²) in [6.07, 6.45) is 0.677. The van der Waals surface area contributed by atoms with Crippen molar-refractivity contribution in [2.75, 3.05) is 6.61 Å². The molecule has 5 heteroatoms. The normalized spacial score (nSPS) is 19.2. The van der Waals surface area contributed by atoms with Gasteiger partial charge in [0.25, 0.3) is 0 Å². The van der Waals surface area contributed by atoms with Crippen molar-refractivity contribution in [3.8, 4) is 5.75 Å². The van der Waals surface area contributed by atoms with Gasteiger partial charge in [-0.3, -0.25) is 0 Å². The minimum absolute atomic E-state index is 0. The zero-order chi connectivity index (χ0) is 9.42. The molecule has 0 saturated carbocycles. The van der Waals surface area contributed by atoms with Gasteiger partial charge in [-0.2, -0.15) is 0 Å². The largest absolute Gasteiger partial charge is 0.490 e. The number of fused-ring (bicyclic) bond motifs is 1. The Morgan fingerprint density at radius 1 is 1.50 bits per heavy atom. The average molecular weight is 238 g/mol. The SMILES string of the molecule is Cl.N[C@@H]1CCOc2c(F)ccc(Cl)c21. The smallest absolute Gasteiger partial charge is 0.165 e. The summed E-state index contributed by atoms with van der Waals surface area (Å²) < 4.78 is 18.4. The van der Waals surface area contributed by atoms with Gasteiger partial charge in [-0.25, -0.2) is 4.39 Å². The summed E-state index contributed by atoms with van der Waals surface area (Å²) in [5.41, 5.74) is 6.38. The first kappa shape index (κ1) is 11.6. The Balaban J connectivity index is 0.000000980. The van der Waals surface area contributed by atoms with Crippen LogP contribution in [0.15, 0.2) is 12.1 Å². The average Bonchev–Trinajstić information content (AvgIpc) is 2.12. The molecule has 1 aliphatic heterocycles. The van der Waals surface area contributed by atoms with E-state index in [0.29, 0.717) is 23.6 Å². The molecule has 1 heterocycles. The van der Waals surface area contributed by atoms with Crippen LogP contribution >= 0.6 is 24.0 Å². The van der Waals surface area contributed by atoms with Gasteiger partial charge in [0.1, 0.15) is 0 Å². The fourth-order valence-electron chi connectivity index (χ4n) is 1.47. The van der Waals surface area contributed by atoms with Crippen molar-refractivity contribution in [1.29, 1.82) is 0 Å². The highest BCUT2D eigenvalue weighted by molar-refractivity contribution is 6.31. The summed E-state index contributed by atoms with van der Waals surface area (Å²) in [4.78, 5) is 0. The number of nitrogens with two attached hydrogens (primary N) is 1. The molecule has 1 aromatic rings.